The number of nitrogens with one attached hydrogen (secondary N) is 1. The second kappa shape index (κ2) is 13.3. The Kier molecular flexibility index (Phi) is 10.2. The van der Waals surface area contributed by atoms with Gasteiger partial charge in [0.1, 0.15) is 5.75 Å². The standard InChI is InChI=1S/C25H39N3O8S/c1-33-20-4-2-5-22(14-20)37(31,32)28-16-19(29)17-35-18-24-23(28)7-6-21(36-24)15-25(30)26-8-3-9-27-10-12-34-13-11-27/h2,4-5,14,19,21,23-24,29H,3,6-13,15-18H2,1H3,(H,26,30)/t19-,21+,23-,24+/m1/s1. The number of ether oxygens (including phenoxy) is 4. The number of amides is 1. The molecule has 4 atom stereocenters. The van der Waals surface area contributed by atoms with E-state index in [1.165, 1.54) is 23.5 Å². The van der Waals surface area contributed by atoms with Gasteiger partial charge in [-0.2, -0.15) is 4.31 Å². The smallest absolute Gasteiger partial charge is 0.243 e. The number of methoxy groups -OCH3 is 1. The number of hydrogen-bond acceptors (Lipinski definition) is 9. The van der Waals surface area contributed by atoms with E-state index in [2.05, 4.69) is 10.2 Å². The molecule has 208 valence electrons. The molecule has 0 bridgehead atoms. The van der Waals surface area contributed by atoms with E-state index in [0.717, 1.165) is 39.3 Å². The highest BCUT2D eigenvalue weighted by molar-refractivity contribution is 7.89. The van der Waals surface area contributed by atoms with Crippen LogP contribution in [0.2, 0.25) is 0 Å². The number of nitrogens with zero attached hydrogens (tertiary/aromatic N) is 2. The third-order valence-electron chi connectivity index (χ3n) is 7.07. The largest absolute Gasteiger partial charge is 0.497 e. The molecule has 1 aromatic rings. The van der Waals surface area contributed by atoms with Gasteiger partial charge >= 0.3 is 0 Å². The average molecular weight is 542 g/mol. The zero-order valence-electron chi connectivity index (χ0n) is 21.4. The minimum absolute atomic E-state index is 0.00497. The van der Waals surface area contributed by atoms with Crippen molar-refractivity contribution in [3.05, 3.63) is 24.3 Å². The average Bonchev–Trinajstić information content (AvgIpc) is 2.89. The van der Waals surface area contributed by atoms with E-state index >= 15 is 0 Å². The van der Waals surface area contributed by atoms with Crippen LogP contribution in [0.4, 0.5) is 0 Å². The van der Waals surface area contributed by atoms with Crippen molar-refractivity contribution >= 4 is 15.9 Å². The second-order valence-corrected chi connectivity index (χ2v) is 11.6. The van der Waals surface area contributed by atoms with Crippen LogP contribution in [0.15, 0.2) is 29.2 Å². The summed E-state index contributed by atoms with van der Waals surface area (Å²) in [5, 5.41) is 13.4. The molecule has 12 heteroatoms. The zero-order chi connectivity index (χ0) is 26.3. The van der Waals surface area contributed by atoms with Crippen molar-refractivity contribution in [3.8, 4) is 5.75 Å². The maximum absolute atomic E-state index is 13.6. The zero-order valence-corrected chi connectivity index (χ0v) is 22.2. The van der Waals surface area contributed by atoms with Crippen LogP contribution in [-0.2, 0) is 29.0 Å². The molecule has 0 spiro atoms. The highest BCUT2D eigenvalue weighted by atomic mass is 32.2. The number of carbonyl (C=O) groups excluding carboxylic acids is 1. The lowest BCUT2D eigenvalue weighted by Gasteiger charge is -2.43. The Hall–Kier alpha value is -1.80. The molecule has 3 aliphatic heterocycles. The maximum atomic E-state index is 13.6. The van der Waals surface area contributed by atoms with Crippen molar-refractivity contribution in [2.75, 3.05) is 66.3 Å². The molecule has 1 amide bonds. The van der Waals surface area contributed by atoms with Crippen LogP contribution in [0, 0.1) is 0 Å². The van der Waals surface area contributed by atoms with Gasteiger partial charge in [-0.15, -0.1) is 0 Å². The monoisotopic (exact) mass is 541 g/mol. The highest BCUT2D eigenvalue weighted by Gasteiger charge is 2.43. The molecule has 0 saturated carbocycles. The number of aliphatic hydroxyl groups excluding tert-OH is 1. The fourth-order valence-electron chi connectivity index (χ4n) is 5.10. The van der Waals surface area contributed by atoms with Gasteiger partial charge in [-0.25, -0.2) is 8.42 Å². The lowest BCUT2D eigenvalue weighted by molar-refractivity contribution is -0.146. The molecule has 11 nitrogen and oxygen atoms in total. The van der Waals surface area contributed by atoms with E-state index < -0.39 is 28.3 Å². The number of benzene rings is 1. The molecule has 0 radical (unpaired) electrons. The molecule has 0 aromatic heterocycles. The first kappa shape index (κ1) is 28.2. The lowest BCUT2D eigenvalue weighted by Crippen LogP contribution is -2.57. The topological polar surface area (TPSA) is 127 Å². The Morgan fingerprint density at radius 2 is 2.00 bits per heavy atom. The van der Waals surface area contributed by atoms with E-state index in [9.17, 15) is 18.3 Å². The number of sulfonamides is 1. The molecule has 3 heterocycles. The third-order valence-corrected chi connectivity index (χ3v) is 8.96. The molecular weight excluding hydrogens is 502 g/mol. The van der Waals surface area contributed by atoms with Crippen LogP contribution in [0.1, 0.15) is 25.7 Å². The minimum atomic E-state index is -3.94. The van der Waals surface area contributed by atoms with Crippen LogP contribution in [0.3, 0.4) is 0 Å². The van der Waals surface area contributed by atoms with Gasteiger partial charge in [0.25, 0.3) is 0 Å². The molecule has 37 heavy (non-hydrogen) atoms. The molecule has 4 rings (SSSR count). The Morgan fingerprint density at radius 3 is 2.78 bits per heavy atom. The van der Waals surface area contributed by atoms with Crippen molar-refractivity contribution < 1.29 is 37.3 Å². The minimum Gasteiger partial charge on any atom is -0.497 e. The van der Waals surface area contributed by atoms with Crippen LogP contribution >= 0.6 is 0 Å². The molecule has 3 fully saturated rings. The Labute approximate surface area is 219 Å². The predicted octanol–water partition coefficient (Wildman–Crippen LogP) is 0.222. The molecule has 3 aliphatic rings. The third kappa shape index (κ3) is 7.62. The molecule has 0 unspecified atom stereocenters. The van der Waals surface area contributed by atoms with Gasteiger partial charge in [-0.05, 0) is 37.9 Å². The molecule has 2 N–H and O–H groups in total. The fourth-order valence-corrected chi connectivity index (χ4v) is 6.85. The Balaban J connectivity index is 1.34. The summed E-state index contributed by atoms with van der Waals surface area (Å²) in [6, 6.07) is 5.78. The van der Waals surface area contributed by atoms with Crippen molar-refractivity contribution in [2.24, 2.45) is 0 Å². The summed E-state index contributed by atoms with van der Waals surface area (Å²) < 4.78 is 51.0. The Morgan fingerprint density at radius 1 is 1.19 bits per heavy atom. The number of morpholine rings is 1. The number of hydrogen-bond donors (Lipinski definition) is 2. The van der Waals surface area contributed by atoms with Crippen LogP contribution in [-0.4, -0.2) is 119 Å². The van der Waals surface area contributed by atoms with E-state index in [-0.39, 0.29) is 43.1 Å². The summed E-state index contributed by atoms with van der Waals surface area (Å²) in [7, 11) is -2.46. The summed E-state index contributed by atoms with van der Waals surface area (Å²) in [5.41, 5.74) is 0. The van der Waals surface area contributed by atoms with Gasteiger partial charge < -0.3 is 29.4 Å². The predicted molar refractivity (Wildman–Crippen MR) is 135 cm³/mol. The van der Waals surface area contributed by atoms with E-state index in [4.69, 9.17) is 18.9 Å². The number of β-amino-alcohol motifs (C(OH)–C–C–N with tert-alkyl or cyclic N) is 1. The van der Waals surface area contributed by atoms with Crippen LogP contribution in [0.5, 0.6) is 5.75 Å². The highest BCUT2D eigenvalue weighted by Crippen LogP contribution is 2.32. The van der Waals surface area contributed by atoms with E-state index in [0.29, 0.717) is 25.1 Å². The molecule has 3 saturated heterocycles. The van der Waals surface area contributed by atoms with Crippen molar-refractivity contribution in [2.45, 2.75) is 54.9 Å². The second-order valence-electron chi connectivity index (χ2n) is 9.75. The van der Waals surface area contributed by atoms with Gasteiger partial charge in [-0.3, -0.25) is 9.69 Å². The number of fused-ring (bicyclic) bond motifs is 1. The first-order valence-electron chi connectivity index (χ1n) is 13.0. The molecule has 1 aromatic carbocycles. The number of rotatable bonds is 9. The van der Waals surface area contributed by atoms with Crippen molar-refractivity contribution in [1.82, 2.24) is 14.5 Å². The summed E-state index contributed by atoms with van der Waals surface area (Å²) in [4.78, 5) is 15.0. The lowest BCUT2D eigenvalue weighted by atomic mass is 9.96. The van der Waals surface area contributed by atoms with Gasteiger partial charge in [0.05, 0.1) is 69.2 Å². The molecular formula is C25H39N3O8S. The first-order valence-corrected chi connectivity index (χ1v) is 14.4. The summed E-state index contributed by atoms with van der Waals surface area (Å²) >= 11 is 0. The number of aliphatic hydroxyl groups is 1. The fraction of sp³-hybridized carbons (Fsp3) is 0.720. The number of carbonyl (C=O) groups is 1. The van der Waals surface area contributed by atoms with Crippen LogP contribution < -0.4 is 10.1 Å². The SMILES string of the molecule is COc1cccc(S(=O)(=O)N2C[C@@H](O)COC[C@@H]3O[C@H](CC(=O)NCCCN4CCOCC4)CC[C@H]32)c1. The maximum Gasteiger partial charge on any atom is 0.243 e. The quantitative estimate of drug-likeness (QED) is 0.422. The normalized spacial score (nSPS) is 28.1. The summed E-state index contributed by atoms with van der Waals surface area (Å²) in [6.45, 7) is 4.94. The van der Waals surface area contributed by atoms with Gasteiger partial charge in [0.2, 0.25) is 15.9 Å². The van der Waals surface area contributed by atoms with Gasteiger partial charge in [0.15, 0.2) is 0 Å². The van der Waals surface area contributed by atoms with Gasteiger partial charge in [0, 0.05) is 32.2 Å². The summed E-state index contributed by atoms with van der Waals surface area (Å²) in [6.07, 6.45) is 0.292. The van der Waals surface area contributed by atoms with Gasteiger partial charge in [-0.1, -0.05) is 6.07 Å². The van der Waals surface area contributed by atoms with Crippen molar-refractivity contribution in [1.29, 1.82) is 0 Å². The Bertz CT molecular complexity index is 988. The van der Waals surface area contributed by atoms with Crippen LogP contribution in [0.25, 0.3) is 0 Å². The van der Waals surface area contributed by atoms with E-state index in [1.54, 1.807) is 12.1 Å². The van der Waals surface area contributed by atoms with E-state index in [1.807, 2.05) is 0 Å². The first-order chi connectivity index (χ1) is 17.9. The van der Waals surface area contributed by atoms with Crippen molar-refractivity contribution in [3.63, 3.8) is 0 Å². The molecule has 0 aliphatic carbocycles. The summed E-state index contributed by atoms with van der Waals surface area (Å²) in [5.74, 6) is 0.359.